The van der Waals surface area contributed by atoms with Crippen LogP contribution < -0.4 is 0 Å². The molecule has 0 aliphatic rings. The minimum absolute atomic E-state index is 0.0725. The van der Waals surface area contributed by atoms with Gasteiger partial charge in [-0.05, 0) is 64.2 Å². The average Bonchev–Trinajstić information content (AvgIpc) is 3.31. The zero-order valence-electron chi connectivity index (χ0n) is 43.7. The molecule has 0 aromatic rings. The van der Waals surface area contributed by atoms with Crippen molar-refractivity contribution in [1.82, 2.24) is 0 Å². The van der Waals surface area contributed by atoms with Gasteiger partial charge < -0.3 is 14.2 Å². The third-order valence-electron chi connectivity index (χ3n) is 12.3. The monoisotopic (exact) mass is 923 g/mol. The summed E-state index contributed by atoms with van der Waals surface area (Å²) >= 11 is 0. The molecule has 1 atom stereocenters. The molecule has 0 spiro atoms. The zero-order valence-corrected chi connectivity index (χ0v) is 43.7. The Bertz CT molecular complexity index is 1200. The predicted octanol–water partition coefficient (Wildman–Crippen LogP) is 18.8. The van der Waals surface area contributed by atoms with Crippen LogP contribution in [0, 0.1) is 0 Å². The lowest BCUT2D eigenvalue weighted by Gasteiger charge is -2.18. The second kappa shape index (κ2) is 54.7. The Hall–Kier alpha value is -2.89. The molecule has 0 aromatic carbocycles. The molecule has 0 aliphatic heterocycles. The van der Waals surface area contributed by atoms with Crippen molar-refractivity contribution in [3.8, 4) is 0 Å². The van der Waals surface area contributed by atoms with Gasteiger partial charge in [-0.15, -0.1) is 0 Å². The second-order valence-electron chi connectivity index (χ2n) is 18.8. The summed E-state index contributed by atoms with van der Waals surface area (Å²) in [5.74, 6) is -0.878. The number of carbonyl (C=O) groups excluding carboxylic acids is 3. The number of esters is 3. The van der Waals surface area contributed by atoms with E-state index >= 15 is 0 Å². The lowest BCUT2D eigenvalue weighted by atomic mass is 10.0. The van der Waals surface area contributed by atoms with Crippen LogP contribution >= 0.6 is 0 Å². The molecule has 6 heteroatoms. The fourth-order valence-corrected chi connectivity index (χ4v) is 8.06. The van der Waals surface area contributed by atoms with Crippen molar-refractivity contribution in [2.75, 3.05) is 13.2 Å². The van der Waals surface area contributed by atoms with Crippen LogP contribution in [0.25, 0.3) is 0 Å². The molecule has 0 heterocycles. The Labute approximate surface area is 409 Å². The summed E-state index contributed by atoms with van der Waals surface area (Å²) < 4.78 is 16.7. The predicted molar refractivity (Wildman–Crippen MR) is 284 cm³/mol. The summed E-state index contributed by atoms with van der Waals surface area (Å²) in [7, 11) is 0. The third-order valence-corrected chi connectivity index (χ3v) is 12.3. The first-order valence-electron chi connectivity index (χ1n) is 28.3. The molecule has 0 saturated heterocycles. The van der Waals surface area contributed by atoms with E-state index in [1.807, 2.05) is 0 Å². The molecular formula is C60H106O6. The minimum Gasteiger partial charge on any atom is -0.462 e. The molecule has 6 nitrogen and oxygen atoms in total. The van der Waals surface area contributed by atoms with E-state index < -0.39 is 6.10 Å². The van der Waals surface area contributed by atoms with E-state index in [2.05, 4.69) is 81.5 Å². The third kappa shape index (κ3) is 52.1. The van der Waals surface area contributed by atoms with Gasteiger partial charge in [0.1, 0.15) is 13.2 Å². The smallest absolute Gasteiger partial charge is 0.306 e. The summed E-state index contributed by atoms with van der Waals surface area (Å²) in [5.41, 5.74) is 0. The van der Waals surface area contributed by atoms with Crippen molar-refractivity contribution >= 4 is 17.9 Å². The molecule has 0 aliphatic carbocycles. The number of rotatable bonds is 51. The van der Waals surface area contributed by atoms with E-state index in [1.54, 1.807) is 0 Å². The maximum absolute atomic E-state index is 12.8. The van der Waals surface area contributed by atoms with Gasteiger partial charge in [0, 0.05) is 19.3 Å². The van der Waals surface area contributed by atoms with E-state index in [0.717, 1.165) is 96.3 Å². The SMILES string of the molecule is CC/C=C\C/C=C\C/C=C\C/C=C\C/C=C\CCCCCCCCCCCCCC(=O)OCC(COC(=O)CCCCCCC)OC(=O)CCCCCCCCCCCCCCCCCC. The zero-order chi connectivity index (χ0) is 47.9. The minimum atomic E-state index is -0.768. The topological polar surface area (TPSA) is 78.9 Å². The highest BCUT2D eigenvalue weighted by molar-refractivity contribution is 5.71. The molecule has 0 fully saturated rings. The maximum atomic E-state index is 12.8. The normalized spacial score (nSPS) is 12.5. The molecule has 0 N–H and O–H groups in total. The summed E-state index contributed by atoms with van der Waals surface area (Å²) in [4.78, 5) is 37.8. The molecule has 1 unspecified atom stereocenters. The Morgan fingerprint density at radius 2 is 0.591 bits per heavy atom. The van der Waals surface area contributed by atoms with Gasteiger partial charge in [-0.1, -0.05) is 261 Å². The molecule has 0 amide bonds. The highest BCUT2D eigenvalue weighted by atomic mass is 16.6. The first-order chi connectivity index (χ1) is 32.5. The molecule has 0 radical (unpaired) electrons. The molecule has 0 bridgehead atoms. The van der Waals surface area contributed by atoms with Crippen LogP contribution in [0.5, 0.6) is 0 Å². The van der Waals surface area contributed by atoms with Gasteiger partial charge >= 0.3 is 17.9 Å². The van der Waals surface area contributed by atoms with Crippen molar-refractivity contribution in [3.63, 3.8) is 0 Å². The lowest BCUT2D eigenvalue weighted by Crippen LogP contribution is -2.30. The number of hydrogen-bond acceptors (Lipinski definition) is 6. The quantitative estimate of drug-likeness (QED) is 0.0262. The van der Waals surface area contributed by atoms with Gasteiger partial charge in [-0.3, -0.25) is 14.4 Å². The highest BCUT2D eigenvalue weighted by Gasteiger charge is 2.19. The van der Waals surface area contributed by atoms with Crippen LogP contribution in [0.1, 0.15) is 284 Å². The van der Waals surface area contributed by atoms with Crippen molar-refractivity contribution < 1.29 is 28.6 Å². The van der Waals surface area contributed by atoms with Crippen molar-refractivity contribution in [2.24, 2.45) is 0 Å². The highest BCUT2D eigenvalue weighted by Crippen LogP contribution is 2.16. The van der Waals surface area contributed by atoms with E-state index in [1.165, 1.54) is 148 Å². The average molecular weight is 924 g/mol. The van der Waals surface area contributed by atoms with E-state index in [0.29, 0.717) is 19.3 Å². The van der Waals surface area contributed by atoms with Crippen LogP contribution in [-0.4, -0.2) is 37.2 Å². The summed E-state index contributed by atoms with van der Waals surface area (Å²) in [5, 5.41) is 0. The lowest BCUT2D eigenvalue weighted by molar-refractivity contribution is -0.167. The molecule has 0 aromatic heterocycles. The van der Waals surface area contributed by atoms with Gasteiger partial charge in [0.2, 0.25) is 0 Å². The van der Waals surface area contributed by atoms with Gasteiger partial charge in [-0.2, -0.15) is 0 Å². The molecule has 66 heavy (non-hydrogen) atoms. The Kier molecular flexibility index (Phi) is 52.3. The van der Waals surface area contributed by atoms with E-state index in [4.69, 9.17) is 14.2 Å². The number of hydrogen-bond donors (Lipinski definition) is 0. The fourth-order valence-electron chi connectivity index (χ4n) is 8.06. The van der Waals surface area contributed by atoms with E-state index in [9.17, 15) is 14.4 Å². The van der Waals surface area contributed by atoms with Gasteiger partial charge in [0.05, 0.1) is 0 Å². The van der Waals surface area contributed by atoms with Crippen LogP contribution in [0.3, 0.4) is 0 Å². The van der Waals surface area contributed by atoms with E-state index in [-0.39, 0.29) is 31.1 Å². The van der Waals surface area contributed by atoms with Crippen molar-refractivity contribution in [2.45, 2.75) is 290 Å². The molecule has 0 saturated carbocycles. The largest absolute Gasteiger partial charge is 0.462 e. The van der Waals surface area contributed by atoms with Crippen LogP contribution in [-0.2, 0) is 28.6 Å². The Morgan fingerprint density at radius 1 is 0.318 bits per heavy atom. The van der Waals surface area contributed by atoms with Gasteiger partial charge in [-0.25, -0.2) is 0 Å². The van der Waals surface area contributed by atoms with Crippen molar-refractivity contribution in [1.29, 1.82) is 0 Å². The number of unbranched alkanes of at least 4 members (excludes halogenated alkanes) is 30. The first-order valence-corrected chi connectivity index (χ1v) is 28.3. The molecule has 382 valence electrons. The van der Waals surface area contributed by atoms with Gasteiger partial charge in [0.15, 0.2) is 6.10 Å². The second-order valence-corrected chi connectivity index (χ2v) is 18.8. The summed E-state index contributed by atoms with van der Waals surface area (Å²) in [6.45, 7) is 6.47. The Balaban J connectivity index is 4.05. The summed E-state index contributed by atoms with van der Waals surface area (Å²) in [6.07, 6.45) is 68.3. The number of allylic oxidation sites excluding steroid dienone is 10. The standard InChI is InChI=1S/C60H106O6/c1-4-7-10-13-15-17-19-21-23-25-26-27-28-29-30-31-32-33-34-35-37-38-40-42-44-47-50-53-59(62)65-56-57(55-64-58(61)52-49-46-12-9-6-3)66-60(63)54-51-48-45-43-41-39-36-24-22-20-18-16-14-11-8-5-2/h7,10,15,17,21,23,26-27,29-30,57H,4-6,8-9,11-14,16,18-20,22,24-25,28,31-56H2,1-3H3/b10-7-,17-15-,23-21-,27-26-,30-29-. The van der Waals surface area contributed by atoms with Crippen LogP contribution in [0.2, 0.25) is 0 Å². The van der Waals surface area contributed by atoms with Crippen molar-refractivity contribution in [3.05, 3.63) is 60.8 Å². The number of carbonyl (C=O) groups is 3. The first kappa shape index (κ1) is 63.1. The molecule has 0 rings (SSSR count). The van der Waals surface area contributed by atoms with Gasteiger partial charge in [0.25, 0.3) is 0 Å². The number of ether oxygens (including phenoxy) is 3. The molecular weight excluding hydrogens is 817 g/mol. The van der Waals surface area contributed by atoms with Crippen LogP contribution in [0.4, 0.5) is 0 Å². The fraction of sp³-hybridized carbons (Fsp3) is 0.783. The van der Waals surface area contributed by atoms with Crippen LogP contribution in [0.15, 0.2) is 60.8 Å². The maximum Gasteiger partial charge on any atom is 0.306 e. The Morgan fingerprint density at radius 3 is 0.924 bits per heavy atom. The summed E-state index contributed by atoms with van der Waals surface area (Å²) in [6, 6.07) is 0.